The normalized spacial score (nSPS) is 16.2. The van der Waals surface area contributed by atoms with Crippen molar-refractivity contribution in [2.24, 2.45) is 20.5 Å². The van der Waals surface area contributed by atoms with E-state index < -0.39 is 5.41 Å². The maximum absolute atomic E-state index is 11.9. The Kier molecular flexibility index (Phi) is 8.95. The van der Waals surface area contributed by atoms with Gasteiger partial charge in [0.15, 0.2) is 11.6 Å². The van der Waals surface area contributed by atoms with Crippen LogP contribution in [-0.2, 0) is 15.0 Å². The molecule has 41 heavy (non-hydrogen) atoms. The number of carbonyl (C=O) groups excluding carboxylic acids is 2. The number of nitrogens with zero attached hydrogens (tertiary/aromatic N) is 4. The zero-order valence-electron chi connectivity index (χ0n) is 23.8. The number of halogens is 2. The third-order valence-corrected chi connectivity index (χ3v) is 7.65. The standard InChI is InChI=1S/C33H30Cl2N4O2/c1-19-11-23(12-20(2)31(19)40)17-36-38-29-9-7-25(15-27(29)34)33(5,6)26-8-10-30(28(35)16-26)39-37-18-24-13-21(3)32(41)22(4)14-24/h7-18H,1-6H3. The van der Waals surface area contributed by atoms with E-state index in [0.29, 0.717) is 43.7 Å². The fourth-order valence-electron chi connectivity index (χ4n) is 4.55. The average Bonchev–Trinajstić information content (AvgIpc) is 2.91. The van der Waals surface area contributed by atoms with Crippen LogP contribution in [0.25, 0.3) is 0 Å². The third-order valence-electron chi connectivity index (χ3n) is 7.05. The molecule has 0 fully saturated rings. The van der Waals surface area contributed by atoms with E-state index in [1.165, 1.54) is 0 Å². The molecule has 0 radical (unpaired) electrons. The maximum Gasteiger partial charge on any atom is 0.184 e. The van der Waals surface area contributed by atoms with Crippen LogP contribution >= 0.6 is 23.2 Å². The Morgan fingerprint density at radius 1 is 0.610 bits per heavy atom. The molecule has 2 aliphatic rings. The molecule has 0 unspecified atom stereocenters. The van der Waals surface area contributed by atoms with Crippen molar-refractivity contribution >= 4 is 46.1 Å². The maximum atomic E-state index is 11.9. The minimum absolute atomic E-state index is 0.0352. The van der Waals surface area contributed by atoms with Crippen molar-refractivity contribution in [1.29, 1.82) is 0 Å². The van der Waals surface area contributed by atoms with E-state index >= 15 is 0 Å². The van der Waals surface area contributed by atoms with Crippen LogP contribution < -0.4 is 0 Å². The summed E-state index contributed by atoms with van der Waals surface area (Å²) in [6.07, 6.45) is 10.4. The predicted octanol–water partition coefficient (Wildman–Crippen LogP) is 10.2. The van der Waals surface area contributed by atoms with E-state index in [-0.39, 0.29) is 11.6 Å². The van der Waals surface area contributed by atoms with E-state index in [2.05, 4.69) is 34.3 Å². The fraction of sp³-hybridized carbons (Fsp3) is 0.212. The van der Waals surface area contributed by atoms with Gasteiger partial charge >= 0.3 is 0 Å². The molecule has 2 aromatic rings. The van der Waals surface area contributed by atoms with Crippen molar-refractivity contribution in [1.82, 2.24) is 0 Å². The molecule has 8 heteroatoms. The first kappa shape index (κ1) is 30.0. The van der Waals surface area contributed by atoms with Crippen molar-refractivity contribution in [3.05, 3.63) is 128 Å². The monoisotopic (exact) mass is 584 g/mol. The van der Waals surface area contributed by atoms with E-state index in [4.69, 9.17) is 23.2 Å². The Morgan fingerprint density at radius 3 is 1.27 bits per heavy atom. The van der Waals surface area contributed by atoms with E-state index in [9.17, 15) is 9.59 Å². The summed E-state index contributed by atoms with van der Waals surface area (Å²) in [6.45, 7) is 11.3. The number of Topliss-reactive ketones (excluding diaryl/α,β-unsaturated/α-hetero) is 2. The van der Waals surface area contributed by atoms with Crippen molar-refractivity contribution in [2.75, 3.05) is 0 Å². The summed E-state index contributed by atoms with van der Waals surface area (Å²) in [5.41, 5.74) is 6.91. The average molecular weight is 586 g/mol. The molecule has 0 aromatic heterocycles. The van der Waals surface area contributed by atoms with Gasteiger partial charge in [0.2, 0.25) is 0 Å². The molecule has 2 aromatic carbocycles. The first-order valence-electron chi connectivity index (χ1n) is 13.0. The van der Waals surface area contributed by atoms with Crippen LogP contribution in [0.2, 0.25) is 10.0 Å². The molecule has 0 bridgehead atoms. The molecular formula is C33H30Cl2N4O2. The highest BCUT2D eigenvalue weighted by molar-refractivity contribution is 6.33. The molecule has 0 atom stereocenters. The van der Waals surface area contributed by atoms with Crippen LogP contribution in [0, 0.1) is 0 Å². The molecule has 0 N–H and O–H groups in total. The number of hydrogen-bond acceptors (Lipinski definition) is 6. The van der Waals surface area contributed by atoms with Crippen LogP contribution in [0.1, 0.15) is 52.7 Å². The minimum Gasteiger partial charge on any atom is -0.289 e. The lowest BCUT2D eigenvalue weighted by atomic mass is 9.78. The Balaban J connectivity index is 1.50. The Hall–Kier alpha value is -4.00. The first-order valence-corrected chi connectivity index (χ1v) is 13.8. The van der Waals surface area contributed by atoms with Crippen molar-refractivity contribution in [2.45, 2.75) is 47.0 Å². The number of benzene rings is 2. The van der Waals surface area contributed by atoms with E-state index in [1.54, 1.807) is 64.4 Å². The Morgan fingerprint density at radius 2 is 0.951 bits per heavy atom. The molecule has 0 saturated heterocycles. The van der Waals surface area contributed by atoms with Gasteiger partial charge in [0, 0.05) is 5.41 Å². The van der Waals surface area contributed by atoms with E-state index in [1.807, 2.05) is 36.4 Å². The number of azo groups is 2. The zero-order chi connectivity index (χ0) is 29.9. The van der Waals surface area contributed by atoms with Gasteiger partial charge in [0.1, 0.15) is 11.4 Å². The van der Waals surface area contributed by atoms with Gasteiger partial charge < -0.3 is 0 Å². The first-order chi connectivity index (χ1) is 19.4. The fourth-order valence-corrected chi connectivity index (χ4v) is 4.99. The van der Waals surface area contributed by atoms with Gasteiger partial charge in [-0.15, -0.1) is 10.2 Å². The molecule has 0 aliphatic heterocycles. The molecule has 0 heterocycles. The second-order valence-corrected chi connectivity index (χ2v) is 11.4. The molecule has 0 saturated carbocycles. The van der Waals surface area contributed by atoms with Gasteiger partial charge in [-0.3, -0.25) is 9.59 Å². The number of ketones is 2. The lowest BCUT2D eigenvalue weighted by molar-refractivity contribution is -0.113. The second kappa shape index (κ2) is 12.2. The van der Waals surface area contributed by atoms with Crippen LogP contribution in [-0.4, -0.2) is 11.6 Å². The third kappa shape index (κ3) is 6.84. The summed E-state index contributed by atoms with van der Waals surface area (Å²) >= 11 is 13.2. The Labute approximate surface area is 250 Å². The number of carbonyl (C=O) groups is 2. The molecule has 2 aliphatic carbocycles. The molecule has 4 rings (SSSR count). The summed E-state index contributed by atoms with van der Waals surface area (Å²) in [5, 5.41) is 17.8. The number of hydrogen-bond donors (Lipinski definition) is 0. The summed E-state index contributed by atoms with van der Waals surface area (Å²) in [6, 6.07) is 11.4. The highest BCUT2D eigenvalue weighted by atomic mass is 35.5. The lowest BCUT2D eigenvalue weighted by Crippen LogP contribution is -2.18. The summed E-state index contributed by atoms with van der Waals surface area (Å²) in [4.78, 5) is 23.8. The van der Waals surface area contributed by atoms with Crippen LogP contribution in [0.15, 0.2) is 127 Å². The molecule has 208 valence electrons. The molecule has 0 spiro atoms. The van der Waals surface area contributed by atoms with Gasteiger partial charge in [0.05, 0.1) is 22.4 Å². The van der Waals surface area contributed by atoms with Gasteiger partial charge in [-0.25, -0.2) is 0 Å². The van der Waals surface area contributed by atoms with Crippen LogP contribution in [0.3, 0.4) is 0 Å². The van der Waals surface area contributed by atoms with E-state index in [0.717, 1.165) is 22.3 Å². The number of allylic oxidation sites excluding steroid dienone is 10. The summed E-state index contributed by atoms with van der Waals surface area (Å²) < 4.78 is 0. The predicted molar refractivity (Wildman–Crippen MR) is 165 cm³/mol. The molecular weight excluding hydrogens is 555 g/mol. The largest absolute Gasteiger partial charge is 0.289 e. The van der Waals surface area contributed by atoms with Gasteiger partial charge in [-0.2, -0.15) is 10.2 Å². The zero-order valence-corrected chi connectivity index (χ0v) is 25.3. The Bertz CT molecular complexity index is 1530. The van der Waals surface area contributed by atoms with Gasteiger partial charge in [0.25, 0.3) is 0 Å². The quantitative estimate of drug-likeness (QED) is 0.316. The van der Waals surface area contributed by atoms with Crippen LogP contribution in [0.5, 0.6) is 0 Å². The molecule has 0 amide bonds. The smallest absolute Gasteiger partial charge is 0.184 e. The van der Waals surface area contributed by atoms with Gasteiger partial charge in [-0.1, -0.05) is 49.2 Å². The van der Waals surface area contributed by atoms with Crippen molar-refractivity contribution in [3.8, 4) is 0 Å². The topological polar surface area (TPSA) is 83.6 Å². The minimum atomic E-state index is -0.416. The molecule has 6 nitrogen and oxygen atoms in total. The SMILES string of the molecule is CC1=CC(=CN=Nc2ccc(C(C)(C)c3ccc(N=NC=C4C=C(C)C(=O)C(C)=C4)c(Cl)c3)cc2Cl)C=C(C)C1=O. The van der Waals surface area contributed by atoms with Gasteiger partial charge in [-0.05, 0) is 121 Å². The number of rotatable bonds is 6. The highest BCUT2D eigenvalue weighted by Crippen LogP contribution is 2.39. The summed E-state index contributed by atoms with van der Waals surface area (Å²) in [7, 11) is 0. The lowest BCUT2D eigenvalue weighted by Gasteiger charge is -2.27. The second-order valence-electron chi connectivity index (χ2n) is 10.6. The summed E-state index contributed by atoms with van der Waals surface area (Å²) in [5.74, 6) is 0.0704. The van der Waals surface area contributed by atoms with Crippen molar-refractivity contribution in [3.63, 3.8) is 0 Å². The van der Waals surface area contributed by atoms with Crippen molar-refractivity contribution < 1.29 is 9.59 Å². The van der Waals surface area contributed by atoms with Crippen LogP contribution in [0.4, 0.5) is 11.4 Å². The highest BCUT2D eigenvalue weighted by Gasteiger charge is 2.25.